The average molecular weight is 460 g/mol. The predicted octanol–water partition coefficient (Wildman–Crippen LogP) is 6.61. The van der Waals surface area contributed by atoms with Gasteiger partial charge in [0.15, 0.2) is 0 Å². The van der Waals surface area contributed by atoms with E-state index in [4.69, 9.17) is 42.3 Å². The number of hydrogen-bond acceptors (Lipinski definition) is 5. The molecule has 0 saturated carbocycles. The fourth-order valence-corrected chi connectivity index (χ4v) is 2.59. The van der Waals surface area contributed by atoms with Gasteiger partial charge in [-0.3, -0.25) is 10.3 Å². The van der Waals surface area contributed by atoms with Gasteiger partial charge in [0.1, 0.15) is 28.9 Å². The second kappa shape index (κ2) is 13.7. The predicted molar refractivity (Wildman–Crippen MR) is 124 cm³/mol. The molecule has 0 unspecified atom stereocenters. The normalized spacial score (nSPS) is 11.8. The summed E-state index contributed by atoms with van der Waals surface area (Å²) in [5.41, 5.74) is 5.62. The maximum atomic E-state index is 6.05. The highest BCUT2D eigenvalue weighted by molar-refractivity contribution is 6.55. The number of benzene rings is 1. The van der Waals surface area contributed by atoms with Crippen LogP contribution >= 0.6 is 23.2 Å². The third-order valence-corrected chi connectivity index (χ3v) is 4.18. The maximum Gasteiger partial charge on any atom is 0.125 e. The molecule has 0 aliphatic heterocycles. The van der Waals surface area contributed by atoms with Gasteiger partial charge in [-0.2, -0.15) is 0 Å². The lowest BCUT2D eigenvalue weighted by Gasteiger charge is -2.20. The quantitative estimate of drug-likeness (QED) is 0.204. The van der Waals surface area contributed by atoms with Gasteiger partial charge in [-0.25, -0.2) is 0 Å². The number of hydroxylamine groups is 1. The lowest BCUT2D eigenvalue weighted by molar-refractivity contribution is -0.0589. The first-order chi connectivity index (χ1) is 14.1. The second-order valence-corrected chi connectivity index (χ2v) is 8.94. The van der Waals surface area contributed by atoms with Crippen molar-refractivity contribution in [1.29, 1.82) is 0 Å². The monoisotopic (exact) mass is 459 g/mol. The fraction of sp³-hybridized carbons (Fsp3) is 0.565. The molecule has 0 aliphatic carbocycles. The van der Waals surface area contributed by atoms with Crippen LogP contribution in [0.1, 0.15) is 58.6 Å². The van der Waals surface area contributed by atoms with E-state index in [0.717, 1.165) is 47.6 Å². The first-order valence-corrected chi connectivity index (χ1v) is 11.0. The van der Waals surface area contributed by atoms with Crippen LogP contribution < -0.4 is 15.0 Å². The van der Waals surface area contributed by atoms with Crippen molar-refractivity contribution in [1.82, 2.24) is 5.48 Å². The summed E-state index contributed by atoms with van der Waals surface area (Å²) in [5, 5.41) is 0. The summed E-state index contributed by atoms with van der Waals surface area (Å²) < 4.78 is 17.5. The molecule has 170 valence electrons. The average Bonchev–Trinajstić information content (AvgIpc) is 2.65. The largest absolute Gasteiger partial charge is 0.499 e. The lowest BCUT2D eigenvalue weighted by Crippen LogP contribution is -2.28. The Morgan fingerprint density at radius 1 is 1.10 bits per heavy atom. The Morgan fingerprint density at radius 2 is 1.80 bits per heavy atom. The molecule has 0 spiro atoms. The first kappa shape index (κ1) is 26.5. The number of halogens is 2. The van der Waals surface area contributed by atoms with Crippen molar-refractivity contribution in [3.63, 3.8) is 0 Å². The van der Waals surface area contributed by atoms with Crippen molar-refractivity contribution < 1.29 is 19.0 Å². The third kappa shape index (κ3) is 11.6. The van der Waals surface area contributed by atoms with Crippen LogP contribution in [-0.4, -0.2) is 25.4 Å². The molecule has 1 N–H and O–H groups in total. The minimum atomic E-state index is -0.249. The minimum Gasteiger partial charge on any atom is -0.499 e. The Balaban J connectivity index is 2.39. The molecule has 0 aromatic heterocycles. The van der Waals surface area contributed by atoms with Crippen molar-refractivity contribution in [2.24, 2.45) is 0 Å². The van der Waals surface area contributed by atoms with Crippen molar-refractivity contribution in [3.8, 4) is 11.5 Å². The van der Waals surface area contributed by atoms with Crippen molar-refractivity contribution in [2.45, 2.75) is 66.4 Å². The Kier molecular flexibility index (Phi) is 12.1. The second-order valence-electron chi connectivity index (χ2n) is 7.93. The Morgan fingerprint density at radius 3 is 2.43 bits per heavy atom. The van der Waals surface area contributed by atoms with Crippen LogP contribution in [0.25, 0.3) is 0 Å². The number of rotatable bonds is 13. The van der Waals surface area contributed by atoms with E-state index in [0.29, 0.717) is 19.8 Å². The van der Waals surface area contributed by atoms with Crippen LogP contribution in [0.15, 0.2) is 34.7 Å². The smallest absolute Gasteiger partial charge is 0.125 e. The lowest BCUT2D eigenvalue weighted by atomic mass is 10.1. The zero-order valence-corrected chi connectivity index (χ0v) is 20.5. The molecular weight excluding hydrogens is 425 g/mol. The van der Waals surface area contributed by atoms with E-state index < -0.39 is 0 Å². The van der Waals surface area contributed by atoms with E-state index in [-0.39, 0.29) is 10.1 Å². The number of unbranched alkanes of at least 4 members (excludes halogenated alkanes) is 1. The van der Waals surface area contributed by atoms with Gasteiger partial charge in [-0.15, -0.1) is 0 Å². The summed E-state index contributed by atoms with van der Waals surface area (Å²) in [7, 11) is 0. The van der Waals surface area contributed by atoms with E-state index in [9.17, 15) is 0 Å². The van der Waals surface area contributed by atoms with Gasteiger partial charge in [0.05, 0.1) is 24.5 Å². The van der Waals surface area contributed by atoms with Gasteiger partial charge in [0, 0.05) is 0 Å². The number of nitrogens with one attached hydrogen (secondary N) is 1. The minimum absolute atomic E-state index is 0.200. The van der Waals surface area contributed by atoms with Gasteiger partial charge >= 0.3 is 0 Å². The van der Waals surface area contributed by atoms with Gasteiger partial charge in [0.2, 0.25) is 0 Å². The third-order valence-electron chi connectivity index (χ3n) is 3.87. The van der Waals surface area contributed by atoms with E-state index in [1.807, 2.05) is 46.8 Å². The van der Waals surface area contributed by atoms with Crippen LogP contribution in [-0.2, 0) is 16.0 Å². The molecular formula is C23H35Cl2NO4. The van der Waals surface area contributed by atoms with Crippen molar-refractivity contribution in [3.05, 3.63) is 45.8 Å². The molecule has 0 amide bonds. The fourth-order valence-electron chi connectivity index (χ4n) is 2.47. The van der Waals surface area contributed by atoms with Crippen molar-refractivity contribution in [2.75, 3.05) is 19.8 Å². The molecule has 0 saturated heterocycles. The topological polar surface area (TPSA) is 49.0 Å². The summed E-state index contributed by atoms with van der Waals surface area (Å²) in [4.78, 5) is 5.47. The van der Waals surface area contributed by atoms with Crippen LogP contribution in [0.4, 0.5) is 0 Å². The Bertz CT molecular complexity index is 708. The molecule has 7 heteroatoms. The van der Waals surface area contributed by atoms with E-state index in [2.05, 4.69) is 12.4 Å². The molecule has 0 atom stereocenters. The van der Waals surface area contributed by atoms with E-state index in [1.165, 1.54) is 0 Å². The first-order valence-electron chi connectivity index (χ1n) is 10.2. The van der Waals surface area contributed by atoms with Crippen LogP contribution in [0.3, 0.4) is 0 Å². The summed E-state index contributed by atoms with van der Waals surface area (Å²) in [6.07, 6.45) is 5.95. The van der Waals surface area contributed by atoms with Crippen molar-refractivity contribution >= 4 is 23.2 Å². The summed E-state index contributed by atoms with van der Waals surface area (Å²) >= 11 is 11.2. The molecule has 1 aromatic carbocycles. The maximum absolute atomic E-state index is 6.05. The number of aryl methyl sites for hydroxylation is 2. The highest BCUT2D eigenvalue weighted by atomic mass is 35.5. The van der Waals surface area contributed by atoms with Gasteiger partial charge < -0.3 is 14.2 Å². The van der Waals surface area contributed by atoms with Crippen LogP contribution in [0, 0.1) is 6.92 Å². The number of allylic oxidation sites excluding steroid dienone is 1. The highest BCUT2D eigenvalue weighted by Gasteiger charge is 2.11. The van der Waals surface area contributed by atoms with E-state index in [1.54, 1.807) is 12.3 Å². The molecule has 1 aromatic rings. The molecule has 5 nitrogen and oxygen atoms in total. The van der Waals surface area contributed by atoms with Crippen LogP contribution in [0.5, 0.6) is 11.5 Å². The standard InChI is InChI=1S/C23H35Cl2NO4/c1-7-19-15-20(28-13-10-21(24)25)14-17(2)22(19)29-12-9-8-11-27-16-18(3)26-30-23(4,5)6/h10,14-16,26H,7-9,11-13H2,1-6H3. The number of ether oxygens (including phenoxy) is 3. The Hall–Kier alpha value is -1.56. The summed E-state index contributed by atoms with van der Waals surface area (Å²) in [6, 6.07) is 3.97. The molecule has 1 rings (SSSR count). The van der Waals surface area contributed by atoms with Crippen LogP contribution in [0.2, 0.25) is 0 Å². The number of hydrogen-bond donors (Lipinski definition) is 1. The SMILES string of the molecule is CCc1cc(OCC=C(Cl)Cl)cc(C)c1OCCCCOC=C(C)NOC(C)(C)C. The Labute approximate surface area is 191 Å². The molecule has 30 heavy (non-hydrogen) atoms. The summed E-state index contributed by atoms with van der Waals surface area (Å²) in [6.45, 7) is 13.6. The highest BCUT2D eigenvalue weighted by Crippen LogP contribution is 2.30. The zero-order chi connectivity index (χ0) is 22.6. The molecule has 0 bridgehead atoms. The van der Waals surface area contributed by atoms with Gasteiger partial charge in [-0.1, -0.05) is 30.1 Å². The van der Waals surface area contributed by atoms with Gasteiger partial charge in [0.25, 0.3) is 0 Å². The van der Waals surface area contributed by atoms with Gasteiger partial charge in [-0.05, 0) is 83.2 Å². The van der Waals surface area contributed by atoms with E-state index >= 15 is 0 Å². The molecule has 0 fully saturated rings. The molecule has 0 aliphatic rings. The summed E-state index contributed by atoms with van der Waals surface area (Å²) in [5.74, 6) is 1.71. The molecule has 0 radical (unpaired) electrons. The molecule has 0 heterocycles. The zero-order valence-electron chi connectivity index (χ0n) is 18.9.